The zero-order valence-corrected chi connectivity index (χ0v) is 61.6. The molecule has 14 rings (SSSR count). The lowest BCUT2D eigenvalue weighted by Crippen LogP contribution is -1.97. The summed E-state index contributed by atoms with van der Waals surface area (Å²) in [5.41, 5.74) is 17.9. The van der Waals surface area contributed by atoms with Crippen LogP contribution in [-0.4, -0.2) is 0 Å². The Balaban J connectivity index is 0.000000518. The van der Waals surface area contributed by atoms with E-state index in [9.17, 15) is 0 Å². The van der Waals surface area contributed by atoms with Crippen LogP contribution in [0, 0.1) is 13.8 Å². The van der Waals surface area contributed by atoms with Crippen LogP contribution < -0.4 is 0 Å². The summed E-state index contributed by atoms with van der Waals surface area (Å²) in [7, 11) is 0. The molecule has 0 bridgehead atoms. The predicted molar refractivity (Wildman–Crippen MR) is 440 cm³/mol. The summed E-state index contributed by atoms with van der Waals surface area (Å²) in [5, 5.41) is 15.7. The smallest absolute Gasteiger partial charge is 0.000139 e. The van der Waals surface area contributed by atoms with Gasteiger partial charge in [-0.15, -0.1) is 0 Å². The van der Waals surface area contributed by atoms with Crippen LogP contribution in [0.4, 0.5) is 0 Å². The second-order valence-corrected chi connectivity index (χ2v) is 19.4. The number of rotatable bonds is 6. The highest BCUT2D eigenvalue weighted by Crippen LogP contribution is 2.54. The number of benzene rings is 14. The van der Waals surface area contributed by atoms with Gasteiger partial charge in [-0.05, 0) is 156 Å². The van der Waals surface area contributed by atoms with Gasteiger partial charge in [-0.2, -0.15) is 0 Å². The summed E-state index contributed by atoms with van der Waals surface area (Å²) >= 11 is 0. The minimum Gasteiger partial charge on any atom is -0.0776 e. The van der Waals surface area contributed by atoms with Crippen LogP contribution in [0.15, 0.2) is 279 Å². The quantitative estimate of drug-likeness (QED) is 0.146. The van der Waals surface area contributed by atoms with Gasteiger partial charge in [-0.1, -0.05) is 425 Å². The number of fused-ring (bicyclic) bond motifs is 6. The molecule has 14 aromatic rings. The fraction of sp³-hybridized carbons (Fsp3) is 0.242. The first-order chi connectivity index (χ1) is 46.7. The first-order valence-electron chi connectivity index (χ1n) is 35.8. The Hall–Kier alpha value is -9.36. The van der Waals surface area contributed by atoms with Gasteiger partial charge < -0.3 is 0 Å². The van der Waals surface area contributed by atoms with E-state index < -0.39 is 0 Å². The second-order valence-electron chi connectivity index (χ2n) is 19.4. The molecule has 0 aromatic heterocycles. The Bertz CT molecular complexity index is 3930. The minimum atomic E-state index is 0. The maximum Gasteiger partial charge on any atom is -0.000139 e. The monoisotopic (exact) mass is 1260 g/mol. The topological polar surface area (TPSA) is 0 Å². The molecule has 0 amide bonds. The maximum absolute atomic E-state index is 2.30. The fourth-order valence-corrected chi connectivity index (χ4v) is 12.1. The number of hydrogen-bond acceptors (Lipinski definition) is 0. The lowest BCUT2D eigenvalue weighted by Gasteiger charge is -2.25. The van der Waals surface area contributed by atoms with Gasteiger partial charge >= 0.3 is 0 Å². The molecule has 0 nitrogen and oxygen atoms in total. The van der Waals surface area contributed by atoms with Gasteiger partial charge in [0, 0.05) is 0 Å². The predicted octanol–water partition coefficient (Wildman–Crippen LogP) is 31.8. The Morgan fingerprint density at radius 1 is 0.137 bits per heavy atom. The molecule has 0 spiro atoms. The van der Waals surface area contributed by atoms with Crippen LogP contribution in [0.2, 0.25) is 0 Å². The SMILES string of the molecule is C.CC.CC.CC.CC.CC.CC.CC.CC.CC.CC.Cc1c2ccccc2c(C)c2c(-c3ccccc3)c3ccccc3c(-c3ccccc3)c12.c1ccc(-c2c3ccccc3c(-c3ccccc3)c3c(-c4ccccc4)c4ccccc4c(-c4ccccc4)c23)cc1. The van der Waals surface area contributed by atoms with Crippen molar-refractivity contribution in [2.45, 2.75) is 160 Å². The highest BCUT2D eigenvalue weighted by molar-refractivity contribution is 6.34. The summed E-state index contributed by atoms with van der Waals surface area (Å²) in [6.07, 6.45) is 0. The van der Waals surface area contributed by atoms with Crippen molar-refractivity contribution in [2.24, 2.45) is 0 Å². The third-order valence-corrected chi connectivity index (χ3v) is 15.3. The third kappa shape index (κ3) is 18.1. The summed E-state index contributed by atoms with van der Waals surface area (Å²) in [6, 6.07) is 101. The zero-order valence-electron chi connectivity index (χ0n) is 61.6. The van der Waals surface area contributed by atoms with Crippen molar-refractivity contribution in [3.05, 3.63) is 290 Å². The summed E-state index contributed by atoms with van der Waals surface area (Å²) in [6.45, 7) is 44.6. The van der Waals surface area contributed by atoms with Crippen LogP contribution in [0.3, 0.4) is 0 Å². The molecule has 0 saturated heterocycles. The van der Waals surface area contributed by atoms with Crippen molar-refractivity contribution in [3.8, 4) is 66.8 Å². The van der Waals surface area contributed by atoms with Crippen molar-refractivity contribution >= 4 is 64.6 Å². The molecular weight excluding hydrogens is 1140 g/mol. The van der Waals surface area contributed by atoms with Crippen LogP contribution in [0.5, 0.6) is 0 Å². The molecule has 95 heavy (non-hydrogen) atoms. The van der Waals surface area contributed by atoms with E-state index >= 15 is 0 Å². The zero-order chi connectivity index (χ0) is 69.5. The number of hydrogen-bond donors (Lipinski definition) is 0. The molecule has 0 saturated carbocycles. The molecule has 496 valence electrons. The Labute approximate surface area is 577 Å². The Kier molecular flexibility index (Phi) is 38.8. The summed E-state index contributed by atoms with van der Waals surface area (Å²) in [4.78, 5) is 0. The Morgan fingerprint density at radius 3 is 0.400 bits per heavy atom. The molecule has 0 heterocycles. The number of aryl methyl sites for hydroxylation is 2. The van der Waals surface area contributed by atoms with Gasteiger partial charge in [0.1, 0.15) is 0 Å². The molecular formula is C95H116. The molecule has 0 aliphatic rings. The van der Waals surface area contributed by atoms with E-state index in [0.29, 0.717) is 0 Å². The normalized spacial score (nSPS) is 9.49. The van der Waals surface area contributed by atoms with Crippen molar-refractivity contribution in [3.63, 3.8) is 0 Å². The van der Waals surface area contributed by atoms with Crippen molar-refractivity contribution in [1.82, 2.24) is 0 Å². The van der Waals surface area contributed by atoms with Gasteiger partial charge in [-0.3, -0.25) is 0 Å². The molecule has 0 N–H and O–H groups in total. The van der Waals surface area contributed by atoms with Gasteiger partial charge in [0.25, 0.3) is 0 Å². The average molecular weight is 1260 g/mol. The van der Waals surface area contributed by atoms with Crippen LogP contribution in [0.25, 0.3) is 131 Å². The van der Waals surface area contributed by atoms with E-state index in [-0.39, 0.29) is 7.43 Å². The van der Waals surface area contributed by atoms with Crippen LogP contribution in [-0.2, 0) is 0 Å². The van der Waals surface area contributed by atoms with Gasteiger partial charge in [0.05, 0.1) is 0 Å². The lowest BCUT2D eigenvalue weighted by molar-refractivity contribution is 1.50. The van der Waals surface area contributed by atoms with E-state index in [1.807, 2.05) is 138 Å². The molecule has 0 unspecified atom stereocenters. The average Bonchev–Trinajstić information content (AvgIpc) is 0.712. The first-order valence-corrected chi connectivity index (χ1v) is 35.8. The minimum absolute atomic E-state index is 0. The molecule has 14 aromatic carbocycles. The van der Waals surface area contributed by atoms with E-state index in [1.54, 1.807) is 0 Å². The van der Waals surface area contributed by atoms with Gasteiger partial charge in [-0.25, -0.2) is 0 Å². The third-order valence-electron chi connectivity index (χ3n) is 15.3. The maximum atomic E-state index is 2.30. The summed E-state index contributed by atoms with van der Waals surface area (Å²) in [5.74, 6) is 0. The van der Waals surface area contributed by atoms with E-state index in [1.165, 1.54) is 143 Å². The van der Waals surface area contributed by atoms with Crippen molar-refractivity contribution in [1.29, 1.82) is 0 Å². The molecule has 0 aliphatic heterocycles. The highest BCUT2D eigenvalue weighted by Gasteiger charge is 2.26. The van der Waals surface area contributed by atoms with Gasteiger partial charge in [0.2, 0.25) is 0 Å². The second kappa shape index (κ2) is 45.1. The van der Waals surface area contributed by atoms with Crippen molar-refractivity contribution < 1.29 is 0 Å². The molecule has 0 fully saturated rings. The lowest BCUT2D eigenvalue weighted by atomic mass is 9.77. The molecule has 0 atom stereocenters. The molecule has 0 radical (unpaired) electrons. The van der Waals surface area contributed by atoms with Gasteiger partial charge in [0.15, 0.2) is 0 Å². The molecule has 0 aliphatic carbocycles. The fourth-order valence-electron chi connectivity index (χ4n) is 12.1. The Morgan fingerprint density at radius 2 is 0.253 bits per heavy atom. The van der Waals surface area contributed by atoms with E-state index in [0.717, 1.165) is 0 Å². The highest BCUT2D eigenvalue weighted by atomic mass is 14.3. The molecule has 0 heteroatoms. The summed E-state index contributed by atoms with van der Waals surface area (Å²) < 4.78 is 0. The van der Waals surface area contributed by atoms with Crippen molar-refractivity contribution in [2.75, 3.05) is 0 Å². The first kappa shape index (κ1) is 81.7. The van der Waals surface area contributed by atoms with Crippen LogP contribution in [0.1, 0.15) is 157 Å². The van der Waals surface area contributed by atoms with Crippen LogP contribution >= 0.6 is 0 Å². The standard InChI is InChI=1S/C42H28.C32H24.10C2H6.CH4/c1-5-17-29(18-6-1)37-33-25-13-14-26-34(33)39(31-21-9-3-10-22-31)42-40(32-23-11-4-12-24-32)36-28-16-15-27-35(36)38(41(37)42)30-19-7-2-8-20-30;1-21-25-17-9-10-18-26(25)22(2)30-29(21)31(23-13-5-3-6-14-23)27-19-11-12-20-28(27)32(30)24-15-7-4-8-16-24;10*1-2;/h1-28H;3-20H,1-2H3;10*1-2H3;1H4. The largest absolute Gasteiger partial charge is 0.0776 e. The van der Waals surface area contributed by atoms with E-state index in [4.69, 9.17) is 0 Å². The van der Waals surface area contributed by atoms with E-state index in [2.05, 4.69) is 293 Å².